The highest BCUT2D eigenvalue weighted by Gasteiger charge is 2.68. The molecule has 1 aromatic rings. The van der Waals surface area contributed by atoms with E-state index in [1.54, 1.807) is 6.07 Å². The second kappa shape index (κ2) is 5.73. The standard InChI is InChI=1S/C16H19F3O4/c17-16(18,19)14(8-13-10-23-13,7-6-12-9-22-12)15(20,21)11-4-2-1-3-5-11/h1-5,12-13,20-21H,6-10H2. The van der Waals surface area contributed by atoms with Crippen LogP contribution in [0.15, 0.2) is 30.3 Å². The molecule has 0 amide bonds. The highest BCUT2D eigenvalue weighted by atomic mass is 19.4. The molecule has 3 unspecified atom stereocenters. The van der Waals surface area contributed by atoms with Crippen molar-refractivity contribution in [2.24, 2.45) is 5.41 Å². The lowest BCUT2D eigenvalue weighted by Gasteiger charge is -2.45. The van der Waals surface area contributed by atoms with E-state index in [4.69, 9.17) is 9.47 Å². The number of hydrogen-bond acceptors (Lipinski definition) is 4. The molecule has 0 saturated carbocycles. The van der Waals surface area contributed by atoms with Crippen molar-refractivity contribution in [2.45, 2.75) is 43.4 Å². The number of epoxide rings is 2. The lowest BCUT2D eigenvalue weighted by molar-refractivity contribution is -0.361. The summed E-state index contributed by atoms with van der Waals surface area (Å²) in [6, 6.07) is 7.16. The van der Waals surface area contributed by atoms with Crippen LogP contribution in [0.2, 0.25) is 0 Å². The first-order valence-corrected chi connectivity index (χ1v) is 7.56. The first-order chi connectivity index (χ1) is 10.8. The summed E-state index contributed by atoms with van der Waals surface area (Å²) in [6.45, 7) is 0.631. The molecular formula is C16H19F3O4. The van der Waals surface area contributed by atoms with Gasteiger partial charge in [-0.3, -0.25) is 0 Å². The smallest absolute Gasteiger partial charge is 0.373 e. The SMILES string of the molecule is OC(O)(c1ccccc1)C(CCC1CO1)(CC1CO1)C(F)(F)F. The topological polar surface area (TPSA) is 65.5 Å². The van der Waals surface area contributed by atoms with E-state index >= 15 is 0 Å². The molecule has 0 radical (unpaired) electrons. The van der Waals surface area contributed by atoms with E-state index in [2.05, 4.69) is 0 Å². The molecule has 128 valence electrons. The van der Waals surface area contributed by atoms with Gasteiger partial charge in [0.05, 0.1) is 25.4 Å². The molecule has 0 aromatic heterocycles. The van der Waals surface area contributed by atoms with Crippen LogP contribution in [0.5, 0.6) is 0 Å². The second-order valence-corrected chi connectivity index (χ2v) is 6.27. The van der Waals surface area contributed by atoms with Gasteiger partial charge in [0.25, 0.3) is 0 Å². The van der Waals surface area contributed by atoms with Crippen LogP contribution < -0.4 is 0 Å². The zero-order valence-corrected chi connectivity index (χ0v) is 12.4. The van der Waals surface area contributed by atoms with E-state index in [1.807, 2.05) is 0 Å². The van der Waals surface area contributed by atoms with Crippen LogP contribution in [0.4, 0.5) is 13.2 Å². The minimum atomic E-state index is -4.80. The van der Waals surface area contributed by atoms with Crippen molar-refractivity contribution < 1.29 is 32.9 Å². The minimum absolute atomic E-state index is 0.127. The third-order valence-electron chi connectivity index (χ3n) is 4.66. The number of rotatable bonds is 7. The van der Waals surface area contributed by atoms with E-state index in [0.29, 0.717) is 6.61 Å². The van der Waals surface area contributed by atoms with Crippen molar-refractivity contribution in [1.82, 2.24) is 0 Å². The Kier molecular flexibility index (Phi) is 4.16. The summed E-state index contributed by atoms with van der Waals surface area (Å²) >= 11 is 0. The molecule has 0 bridgehead atoms. The highest BCUT2D eigenvalue weighted by molar-refractivity contribution is 5.24. The molecule has 2 saturated heterocycles. The first-order valence-electron chi connectivity index (χ1n) is 7.56. The fraction of sp³-hybridized carbons (Fsp3) is 0.625. The second-order valence-electron chi connectivity index (χ2n) is 6.27. The lowest BCUT2D eigenvalue weighted by Crippen LogP contribution is -2.56. The summed E-state index contributed by atoms with van der Waals surface area (Å²) in [5.41, 5.74) is -2.87. The molecule has 3 rings (SSSR count). The largest absolute Gasteiger partial charge is 0.400 e. The Bertz CT molecular complexity index is 538. The van der Waals surface area contributed by atoms with Crippen molar-refractivity contribution >= 4 is 0 Å². The van der Waals surface area contributed by atoms with E-state index in [9.17, 15) is 23.4 Å². The van der Waals surface area contributed by atoms with Gasteiger partial charge in [0.15, 0.2) is 0 Å². The number of halogens is 3. The molecule has 3 atom stereocenters. The fourth-order valence-electron chi connectivity index (χ4n) is 3.04. The zero-order valence-electron chi connectivity index (χ0n) is 12.4. The molecule has 0 aliphatic carbocycles. The number of alkyl halides is 3. The Labute approximate surface area is 131 Å². The number of ether oxygens (including phenoxy) is 2. The maximum atomic E-state index is 14.0. The summed E-state index contributed by atoms with van der Waals surface area (Å²) in [5, 5.41) is 21.2. The maximum Gasteiger partial charge on any atom is 0.400 e. The highest BCUT2D eigenvalue weighted by Crippen LogP contribution is 2.57. The molecule has 2 aliphatic rings. The first kappa shape index (κ1) is 16.7. The molecule has 23 heavy (non-hydrogen) atoms. The molecule has 2 N–H and O–H groups in total. The van der Waals surface area contributed by atoms with E-state index in [1.165, 1.54) is 24.3 Å². The van der Waals surface area contributed by atoms with Crippen LogP contribution in [0.3, 0.4) is 0 Å². The normalized spacial score (nSPS) is 26.7. The molecule has 4 nitrogen and oxygen atoms in total. The molecule has 2 heterocycles. The predicted octanol–water partition coefficient (Wildman–Crippen LogP) is 2.34. The third kappa shape index (κ3) is 3.24. The van der Waals surface area contributed by atoms with E-state index in [0.717, 1.165) is 0 Å². The molecule has 2 aliphatic heterocycles. The van der Waals surface area contributed by atoms with Crippen LogP contribution in [-0.2, 0) is 15.3 Å². The summed E-state index contributed by atoms with van der Waals surface area (Å²) in [6.07, 6.45) is -6.41. The monoisotopic (exact) mass is 332 g/mol. The van der Waals surface area contributed by atoms with Crippen molar-refractivity contribution in [3.05, 3.63) is 35.9 Å². The molecule has 1 aromatic carbocycles. The summed E-state index contributed by atoms with van der Waals surface area (Å²) in [4.78, 5) is 0. The Morgan fingerprint density at radius 2 is 1.57 bits per heavy atom. The minimum Gasteiger partial charge on any atom is -0.373 e. The van der Waals surface area contributed by atoms with Crippen molar-refractivity contribution in [2.75, 3.05) is 13.2 Å². The van der Waals surface area contributed by atoms with Gasteiger partial charge in [-0.1, -0.05) is 30.3 Å². The molecule has 7 heteroatoms. The van der Waals surface area contributed by atoms with Gasteiger partial charge in [0.1, 0.15) is 5.41 Å². The Balaban J connectivity index is 1.99. The van der Waals surface area contributed by atoms with Crippen LogP contribution in [-0.4, -0.2) is 41.8 Å². The van der Waals surface area contributed by atoms with Crippen molar-refractivity contribution in [1.29, 1.82) is 0 Å². The van der Waals surface area contributed by atoms with Crippen LogP contribution >= 0.6 is 0 Å². The fourth-order valence-corrected chi connectivity index (χ4v) is 3.04. The van der Waals surface area contributed by atoms with Gasteiger partial charge >= 0.3 is 6.18 Å². The molecular weight excluding hydrogens is 313 g/mol. The van der Waals surface area contributed by atoms with Gasteiger partial charge in [0, 0.05) is 5.56 Å². The maximum absolute atomic E-state index is 14.0. The van der Waals surface area contributed by atoms with Gasteiger partial charge in [-0.2, -0.15) is 13.2 Å². The summed E-state index contributed by atoms with van der Waals surface area (Å²) < 4.78 is 52.0. The van der Waals surface area contributed by atoms with E-state index < -0.39 is 36.3 Å². The average Bonchev–Trinajstić information content (AvgIpc) is 3.37. The summed E-state index contributed by atoms with van der Waals surface area (Å²) in [5.74, 6) is -3.03. The summed E-state index contributed by atoms with van der Waals surface area (Å²) in [7, 11) is 0. The van der Waals surface area contributed by atoms with Gasteiger partial charge in [0.2, 0.25) is 5.79 Å². The van der Waals surface area contributed by atoms with Gasteiger partial charge in [-0.15, -0.1) is 0 Å². The van der Waals surface area contributed by atoms with E-state index in [-0.39, 0.29) is 24.7 Å². The number of hydrogen-bond donors (Lipinski definition) is 2. The molecule has 2 fully saturated rings. The van der Waals surface area contributed by atoms with Crippen LogP contribution in [0, 0.1) is 5.41 Å². The van der Waals surface area contributed by atoms with Gasteiger partial charge in [-0.05, 0) is 19.3 Å². The quantitative estimate of drug-likeness (QED) is 0.594. The third-order valence-corrected chi connectivity index (χ3v) is 4.66. The number of benzene rings is 1. The van der Waals surface area contributed by atoms with Gasteiger partial charge < -0.3 is 19.7 Å². The Morgan fingerprint density at radius 1 is 1.00 bits per heavy atom. The molecule has 0 spiro atoms. The average molecular weight is 332 g/mol. The number of aliphatic hydroxyl groups is 2. The predicted molar refractivity (Wildman–Crippen MR) is 74.4 cm³/mol. The lowest BCUT2D eigenvalue weighted by atomic mass is 9.68. The van der Waals surface area contributed by atoms with Crippen molar-refractivity contribution in [3.63, 3.8) is 0 Å². The van der Waals surface area contributed by atoms with Gasteiger partial charge in [-0.25, -0.2) is 0 Å². The van der Waals surface area contributed by atoms with Crippen molar-refractivity contribution in [3.8, 4) is 0 Å². The Hall–Kier alpha value is -1.15. The Morgan fingerprint density at radius 3 is 2.04 bits per heavy atom. The zero-order chi connectivity index (χ0) is 16.7. The van der Waals surface area contributed by atoms with Crippen LogP contribution in [0.25, 0.3) is 0 Å². The van der Waals surface area contributed by atoms with Crippen LogP contribution in [0.1, 0.15) is 24.8 Å².